The zero-order valence-corrected chi connectivity index (χ0v) is 17.7. The lowest BCUT2D eigenvalue weighted by atomic mass is 9.87. The van der Waals surface area contributed by atoms with Crippen molar-refractivity contribution in [3.05, 3.63) is 48.5 Å². The van der Waals surface area contributed by atoms with Crippen LogP contribution >= 0.6 is 0 Å². The summed E-state index contributed by atoms with van der Waals surface area (Å²) >= 11 is 0. The van der Waals surface area contributed by atoms with Gasteiger partial charge in [-0.3, -0.25) is 9.88 Å². The lowest BCUT2D eigenvalue weighted by Crippen LogP contribution is -2.45. The van der Waals surface area contributed by atoms with Gasteiger partial charge in [-0.05, 0) is 44.5 Å². The van der Waals surface area contributed by atoms with E-state index in [1.165, 1.54) is 0 Å². The second kappa shape index (κ2) is 10.2. The van der Waals surface area contributed by atoms with Crippen LogP contribution in [0.3, 0.4) is 0 Å². The standard InChI is InChI=1S/C19H25N5O.C2HF3O2/c1-23(14-16-5-2-3-8-20-16)17-13-19(25-15-17)6-11-24(12-7-19)18-21-9-4-10-22-18;3-2(4,5)1(6)7/h2-5,8-10,17H,6-7,11-15H2,1H3;(H,6,7). The molecule has 0 aliphatic carbocycles. The molecule has 11 heteroatoms. The number of anilines is 1. The third-order valence-corrected chi connectivity index (χ3v) is 5.70. The van der Waals surface area contributed by atoms with Crippen LogP contribution in [0.5, 0.6) is 0 Å². The molecule has 2 aromatic rings. The van der Waals surface area contributed by atoms with Crippen LogP contribution in [-0.4, -0.2) is 75.5 Å². The Bertz CT molecular complexity index is 862. The highest BCUT2D eigenvalue weighted by Crippen LogP contribution is 2.38. The van der Waals surface area contributed by atoms with Gasteiger partial charge in [0.25, 0.3) is 0 Å². The lowest BCUT2D eigenvalue weighted by Gasteiger charge is -2.38. The number of likely N-dealkylation sites (N-methyl/N-ethyl adjacent to an activating group) is 1. The molecular weight excluding hydrogens is 427 g/mol. The van der Waals surface area contributed by atoms with E-state index in [0.717, 1.165) is 57.1 Å². The molecule has 1 unspecified atom stereocenters. The largest absolute Gasteiger partial charge is 0.490 e. The van der Waals surface area contributed by atoms with Gasteiger partial charge in [0.2, 0.25) is 5.95 Å². The number of ether oxygens (including phenoxy) is 1. The van der Waals surface area contributed by atoms with Gasteiger partial charge in [-0.25, -0.2) is 14.8 Å². The molecule has 0 bridgehead atoms. The summed E-state index contributed by atoms with van der Waals surface area (Å²) in [6.45, 7) is 3.60. The number of piperidine rings is 1. The van der Waals surface area contributed by atoms with Crippen LogP contribution in [-0.2, 0) is 16.1 Å². The van der Waals surface area contributed by atoms with Gasteiger partial charge in [0.05, 0.1) is 17.9 Å². The number of hydrogen-bond donors (Lipinski definition) is 1. The second-order valence-corrected chi connectivity index (χ2v) is 7.93. The van der Waals surface area contributed by atoms with E-state index in [1.54, 1.807) is 12.4 Å². The number of carboxylic acids is 1. The zero-order valence-electron chi connectivity index (χ0n) is 17.7. The molecule has 0 amide bonds. The number of rotatable bonds is 4. The molecule has 1 spiro atoms. The SMILES string of the molecule is CN(Cc1ccccn1)C1COC2(CCN(c3ncccn3)CC2)C1.O=C(O)C(F)(F)F. The summed E-state index contributed by atoms with van der Waals surface area (Å²) in [6.07, 6.45) is 3.57. The van der Waals surface area contributed by atoms with Gasteiger partial charge in [-0.15, -0.1) is 0 Å². The van der Waals surface area contributed by atoms with Crippen molar-refractivity contribution in [3.63, 3.8) is 0 Å². The topological polar surface area (TPSA) is 91.7 Å². The molecule has 0 saturated carbocycles. The first kappa shape index (κ1) is 23.9. The number of carboxylic acid groups (broad SMARTS) is 1. The highest BCUT2D eigenvalue weighted by atomic mass is 19.4. The van der Waals surface area contributed by atoms with Gasteiger partial charge in [0, 0.05) is 44.3 Å². The van der Waals surface area contributed by atoms with Crippen molar-refractivity contribution in [2.24, 2.45) is 0 Å². The maximum atomic E-state index is 10.6. The fraction of sp³-hybridized carbons (Fsp3) is 0.524. The molecule has 0 radical (unpaired) electrons. The first-order chi connectivity index (χ1) is 15.2. The zero-order chi connectivity index (χ0) is 23.2. The van der Waals surface area contributed by atoms with Crippen molar-refractivity contribution in [2.45, 2.75) is 43.6 Å². The predicted molar refractivity (Wildman–Crippen MR) is 110 cm³/mol. The Morgan fingerprint density at radius 1 is 1.19 bits per heavy atom. The molecule has 174 valence electrons. The van der Waals surface area contributed by atoms with E-state index < -0.39 is 12.1 Å². The monoisotopic (exact) mass is 453 g/mol. The van der Waals surface area contributed by atoms with Crippen LogP contribution in [0.25, 0.3) is 0 Å². The summed E-state index contributed by atoms with van der Waals surface area (Å²) < 4.78 is 38.0. The van der Waals surface area contributed by atoms with Gasteiger partial charge >= 0.3 is 12.1 Å². The van der Waals surface area contributed by atoms with Gasteiger partial charge < -0.3 is 14.7 Å². The molecule has 1 N–H and O–H groups in total. The van der Waals surface area contributed by atoms with Gasteiger partial charge in [-0.2, -0.15) is 13.2 Å². The molecule has 2 saturated heterocycles. The molecule has 8 nitrogen and oxygen atoms in total. The normalized spacial score (nSPS) is 20.2. The fourth-order valence-corrected chi connectivity index (χ4v) is 3.90. The minimum absolute atomic E-state index is 0.0221. The summed E-state index contributed by atoms with van der Waals surface area (Å²) in [5, 5.41) is 7.12. The summed E-state index contributed by atoms with van der Waals surface area (Å²) in [5.41, 5.74) is 1.14. The number of alkyl halides is 3. The van der Waals surface area contributed by atoms with Crippen molar-refractivity contribution in [3.8, 4) is 0 Å². The summed E-state index contributed by atoms with van der Waals surface area (Å²) in [7, 11) is 2.18. The third kappa shape index (κ3) is 6.36. The molecule has 1 atom stereocenters. The third-order valence-electron chi connectivity index (χ3n) is 5.70. The quantitative estimate of drug-likeness (QED) is 0.756. The maximum Gasteiger partial charge on any atom is 0.490 e. The molecule has 0 aromatic carbocycles. The minimum atomic E-state index is -5.08. The summed E-state index contributed by atoms with van der Waals surface area (Å²) in [4.78, 5) is 26.7. The molecule has 2 aliphatic rings. The summed E-state index contributed by atoms with van der Waals surface area (Å²) in [6, 6.07) is 8.41. The molecule has 32 heavy (non-hydrogen) atoms. The Kier molecular flexibility index (Phi) is 7.62. The number of nitrogens with zero attached hydrogens (tertiary/aromatic N) is 5. The molecular formula is C21H26F3N5O3. The van der Waals surface area contributed by atoms with Crippen molar-refractivity contribution in [1.29, 1.82) is 0 Å². The van der Waals surface area contributed by atoms with Crippen molar-refractivity contribution in [2.75, 3.05) is 31.6 Å². The van der Waals surface area contributed by atoms with E-state index in [4.69, 9.17) is 14.6 Å². The maximum absolute atomic E-state index is 10.6. The Balaban J connectivity index is 0.000000360. The van der Waals surface area contributed by atoms with Crippen LogP contribution < -0.4 is 4.90 Å². The van der Waals surface area contributed by atoms with Crippen molar-refractivity contribution in [1.82, 2.24) is 19.9 Å². The summed E-state index contributed by atoms with van der Waals surface area (Å²) in [5.74, 6) is -1.92. The highest BCUT2D eigenvalue weighted by Gasteiger charge is 2.44. The Hall–Kier alpha value is -2.79. The Labute approximate surface area is 184 Å². The van der Waals surface area contributed by atoms with Gasteiger partial charge in [0.1, 0.15) is 0 Å². The first-order valence-corrected chi connectivity index (χ1v) is 10.2. The average molecular weight is 453 g/mol. The van der Waals surface area contributed by atoms with Crippen LogP contribution in [0.4, 0.5) is 19.1 Å². The number of pyridine rings is 1. The smallest absolute Gasteiger partial charge is 0.475 e. The molecule has 2 aromatic heterocycles. The van der Waals surface area contributed by atoms with Crippen LogP contribution in [0, 0.1) is 0 Å². The number of carbonyl (C=O) groups is 1. The minimum Gasteiger partial charge on any atom is -0.475 e. The highest BCUT2D eigenvalue weighted by molar-refractivity contribution is 5.73. The molecule has 4 rings (SSSR count). The van der Waals surface area contributed by atoms with E-state index in [9.17, 15) is 13.2 Å². The second-order valence-electron chi connectivity index (χ2n) is 7.93. The van der Waals surface area contributed by atoms with E-state index in [-0.39, 0.29) is 5.60 Å². The van der Waals surface area contributed by atoms with E-state index in [1.807, 2.05) is 24.4 Å². The molecule has 2 aliphatic heterocycles. The molecule has 2 fully saturated rings. The first-order valence-electron chi connectivity index (χ1n) is 10.2. The predicted octanol–water partition coefficient (Wildman–Crippen LogP) is 2.76. The van der Waals surface area contributed by atoms with E-state index in [0.29, 0.717) is 6.04 Å². The van der Waals surface area contributed by atoms with Crippen molar-refractivity contribution < 1.29 is 27.8 Å². The Morgan fingerprint density at radius 3 is 2.38 bits per heavy atom. The number of halogens is 3. The molecule has 4 heterocycles. The Morgan fingerprint density at radius 2 is 1.81 bits per heavy atom. The van der Waals surface area contributed by atoms with E-state index >= 15 is 0 Å². The number of aliphatic carboxylic acids is 1. The van der Waals surface area contributed by atoms with Crippen LogP contribution in [0.15, 0.2) is 42.9 Å². The number of hydrogen-bond acceptors (Lipinski definition) is 7. The van der Waals surface area contributed by atoms with Crippen LogP contribution in [0.2, 0.25) is 0 Å². The van der Waals surface area contributed by atoms with Gasteiger partial charge in [0.15, 0.2) is 0 Å². The number of aromatic nitrogens is 3. The van der Waals surface area contributed by atoms with E-state index in [2.05, 4.69) is 37.9 Å². The van der Waals surface area contributed by atoms with Crippen LogP contribution in [0.1, 0.15) is 25.0 Å². The van der Waals surface area contributed by atoms with Crippen molar-refractivity contribution >= 4 is 11.9 Å². The fourth-order valence-electron chi connectivity index (χ4n) is 3.90. The van der Waals surface area contributed by atoms with Gasteiger partial charge in [-0.1, -0.05) is 6.07 Å². The average Bonchev–Trinajstić information content (AvgIpc) is 3.19. The lowest BCUT2D eigenvalue weighted by molar-refractivity contribution is -0.192.